The Hall–Kier alpha value is -2.06. The number of carbonyl (C=O) groups is 2. The smallest absolute Gasteiger partial charge is 0.744 e. The second-order valence-electron chi connectivity index (χ2n) is 13.4. The van der Waals surface area contributed by atoms with Crippen LogP contribution in [0.4, 0.5) is 22.7 Å². The molecule has 30 nitrogen and oxygen atoms in total. The molecule has 0 heterocycles. The topological polar surface area (TPSA) is 468 Å². The first-order chi connectivity index (χ1) is 32.2. The molecular weight excluding hydrogens is 1160 g/mol. The zero-order chi connectivity index (χ0) is 52.9. The van der Waals surface area contributed by atoms with Crippen molar-refractivity contribution in [2.24, 2.45) is 20.5 Å². The van der Waals surface area contributed by atoms with Gasteiger partial charge >= 0.3 is 118 Å². The number of carbonyl (C=O) groups excluding carboxylic acids is 2. The summed E-state index contributed by atoms with van der Waals surface area (Å²) in [5, 5.41) is 26.9. The minimum Gasteiger partial charge on any atom is -0.744 e. The van der Waals surface area contributed by atoms with Gasteiger partial charge in [-0.2, -0.15) is 10.2 Å². The molecule has 1 atom stereocenters. The number of fused-ring (bicyclic) bond motifs is 1. The maximum atomic E-state index is 13.6. The van der Waals surface area contributed by atoms with Gasteiger partial charge in [0.2, 0.25) is 26.8 Å². The van der Waals surface area contributed by atoms with Crippen LogP contribution in [0.3, 0.4) is 0 Å². The number of azo groups is 2. The summed E-state index contributed by atoms with van der Waals surface area (Å²) < 4.78 is 220. The fraction of sp³-hybridized carbons (Fsp3) is 0.294. The van der Waals surface area contributed by atoms with Crippen LogP contribution in [0, 0.1) is 0 Å². The van der Waals surface area contributed by atoms with Crippen molar-refractivity contribution in [1.82, 2.24) is 0 Å². The summed E-state index contributed by atoms with van der Waals surface area (Å²) in [6.45, 7) is -1.37. The Bertz CT molecular complexity index is 3530. The fourth-order valence-corrected chi connectivity index (χ4v) is 10.4. The first kappa shape index (κ1) is 71.9. The molecular formula is C34H33N5Na4O25S6. The van der Waals surface area contributed by atoms with E-state index in [2.05, 4.69) is 28.8 Å². The van der Waals surface area contributed by atoms with E-state index in [0.717, 1.165) is 59.6 Å². The van der Waals surface area contributed by atoms with Gasteiger partial charge in [0.25, 0.3) is 5.91 Å². The number of methoxy groups -OCH3 is 4. The zero-order valence-electron chi connectivity index (χ0n) is 39.9. The summed E-state index contributed by atoms with van der Waals surface area (Å²) in [6.07, 6.45) is 0. The van der Waals surface area contributed by atoms with Crippen LogP contribution in [0.15, 0.2) is 82.5 Å². The predicted molar refractivity (Wildman–Crippen MR) is 228 cm³/mol. The zero-order valence-corrected chi connectivity index (χ0v) is 52.8. The summed E-state index contributed by atoms with van der Waals surface area (Å²) in [5.74, 6) is -7.82. The molecule has 0 aliphatic carbocycles. The molecule has 0 aliphatic rings. The molecule has 0 saturated heterocycles. The number of sulfone groups is 2. The van der Waals surface area contributed by atoms with E-state index in [1.54, 1.807) is 0 Å². The molecule has 1 unspecified atom stereocenters. The molecule has 0 radical (unpaired) electrons. The molecule has 0 fully saturated rings. The number of phenols is 1. The van der Waals surface area contributed by atoms with E-state index in [-0.39, 0.29) is 118 Å². The molecule has 40 heteroatoms. The van der Waals surface area contributed by atoms with Crippen molar-refractivity contribution >= 4 is 106 Å². The van der Waals surface area contributed by atoms with Crippen molar-refractivity contribution in [2.75, 3.05) is 58.5 Å². The fourth-order valence-electron chi connectivity index (χ4n) is 5.77. The number of amides is 1. The van der Waals surface area contributed by atoms with Crippen LogP contribution >= 0.6 is 0 Å². The van der Waals surface area contributed by atoms with E-state index in [4.69, 9.17) is 18.9 Å². The Kier molecular flexibility index (Phi) is 27.9. The van der Waals surface area contributed by atoms with Gasteiger partial charge in [0.15, 0.2) is 31.2 Å². The van der Waals surface area contributed by atoms with Crippen LogP contribution < -0.4 is 142 Å². The number of anilines is 1. The van der Waals surface area contributed by atoms with E-state index in [1.807, 2.05) is 5.32 Å². The average Bonchev–Trinajstić information content (AvgIpc) is 3.23. The van der Waals surface area contributed by atoms with Crippen molar-refractivity contribution in [3.63, 3.8) is 0 Å². The number of nitrogens with one attached hydrogen (secondary N) is 1. The summed E-state index contributed by atoms with van der Waals surface area (Å²) in [4.78, 5) is 22.4. The van der Waals surface area contributed by atoms with Crippen molar-refractivity contribution in [3.8, 4) is 28.7 Å². The molecule has 0 aromatic heterocycles. The number of nitrogens with zero attached hydrogens (tertiary/aromatic N) is 4. The monoisotopic (exact) mass is 1190 g/mol. The number of phenolic OH excluding ortho intramolecular Hbond substituents is 1. The van der Waals surface area contributed by atoms with Crippen LogP contribution in [-0.4, -0.2) is 145 Å². The number of Topliss-reactive ketones (excluding diaryl/α,β-unsaturated/α-hetero) is 1. The third-order valence-corrected chi connectivity index (χ3v) is 14.9. The Balaban J connectivity index is 0.0000133. The Morgan fingerprint density at radius 2 is 0.973 bits per heavy atom. The van der Waals surface area contributed by atoms with Crippen molar-refractivity contribution in [1.29, 1.82) is 0 Å². The Morgan fingerprint density at radius 1 is 0.568 bits per heavy atom. The van der Waals surface area contributed by atoms with Crippen LogP contribution in [0.5, 0.6) is 28.7 Å². The van der Waals surface area contributed by atoms with Gasteiger partial charge in [-0.15, -0.1) is 10.2 Å². The quantitative estimate of drug-likeness (QED) is 0.0229. The standard InChI is InChI=1S/C34H37N5O25S6.4Na/c1-17(40)31(38-36-20-13-25(61-4)28(15-23(20)59-2)65(43,44)8-6-63-69(53,54)55)34(42)35-22-12-19-18(10-27(22)67(47,48)49)11-30(68(50,51)52)32(33(19)41)39-37-21-14-26(62-5)29(16-24(21)60-3)66(45,46)9-7-64-70(56,57)58;;;;/h10-16,31,41H,6-9H2,1-5H3,(H,35,42)(H,47,48,49)(H,50,51,52)(H,53,54,55)(H,56,57,58);;;;/q;4*+1/p-4. The van der Waals surface area contributed by atoms with E-state index >= 15 is 0 Å². The molecule has 0 bridgehead atoms. The minimum absolute atomic E-state index is 0. The summed E-state index contributed by atoms with van der Waals surface area (Å²) in [6, 6.07) is 2.66. The maximum Gasteiger partial charge on any atom is 1.00 e. The van der Waals surface area contributed by atoms with Gasteiger partial charge in [0.1, 0.15) is 70.1 Å². The van der Waals surface area contributed by atoms with Crippen molar-refractivity contribution in [3.05, 3.63) is 42.5 Å². The van der Waals surface area contributed by atoms with Crippen molar-refractivity contribution < 1.29 is 229 Å². The minimum atomic E-state index is -5.70. The van der Waals surface area contributed by atoms with Gasteiger partial charge in [0.05, 0.1) is 68.6 Å². The summed E-state index contributed by atoms with van der Waals surface area (Å²) >= 11 is 0. The molecule has 4 aromatic carbocycles. The SMILES string of the molecule is COc1cc(S(=O)(=O)CCOS(=O)(=O)[O-])c(OC)cc1N=Nc1c(S(=O)(=O)[O-])cc2cc(S(=O)(=O)[O-])c(NC(=O)C(N=Nc3cc(OC)c(S(=O)(=O)CCOS(=O)(=O)[O-])cc3OC)C(C)=O)cc2c1O.[Na+].[Na+].[Na+].[Na+]. The molecule has 4 aromatic rings. The third kappa shape index (κ3) is 19.1. The van der Waals surface area contributed by atoms with Gasteiger partial charge in [-0.05, 0) is 30.5 Å². The van der Waals surface area contributed by atoms with Gasteiger partial charge in [-0.3, -0.25) is 18.0 Å². The van der Waals surface area contributed by atoms with Crippen LogP contribution in [-0.2, 0) is 78.7 Å². The Morgan fingerprint density at radius 3 is 1.35 bits per heavy atom. The number of hydrogen-bond donors (Lipinski definition) is 2. The second kappa shape index (κ2) is 28.7. The number of hydrogen-bond acceptors (Lipinski definition) is 29. The molecule has 0 saturated carbocycles. The largest absolute Gasteiger partial charge is 1.00 e. The van der Waals surface area contributed by atoms with Crippen LogP contribution in [0.2, 0.25) is 0 Å². The third-order valence-electron chi connectivity index (χ3n) is 8.88. The van der Waals surface area contributed by atoms with Crippen molar-refractivity contribution in [2.45, 2.75) is 32.5 Å². The first-order valence-electron chi connectivity index (χ1n) is 18.3. The molecule has 74 heavy (non-hydrogen) atoms. The van der Waals surface area contributed by atoms with E-state index in [0.29, 0.717) is 18.2 Å². The van der Waals surface area contributed by atoms with E-state index < -0.39 is 185 Å². The van der Waals surface area contributed by atoms with Crippen LogP contribution in [0.1, 0.15) is 6.92 Å². The summed E-state index contributed by atoms with van der Waals surface area (Å²) in [5.41, 5.74) is -3.02. The maximum absolute atomic E-state index is 13.6. The molecule has 0 aliphatic heterocycles. The normalized spacial score (nSPS) is 12.7. The van der Waals surface area contributed by atoms with Gasteiger partial charge in [-0.1, -0.05) is 0 Å². The van der Waals surface area contributed by atoms with Gasteiger partial charge in [0, 0.05) is 29.7 Å². The second-order valence-corrected chi connectivity index (χ2v) is 22.4. The van der Waals surface area contributed by atoms with E-state index in [9.17, 15) is 83.4 Å². The molecule has 384 valence electrons. The molecule has 1 amide bonds. The molecule has 2 N–H and O–H groups in total. The average molecular weight is 1200 g/mol. The van der Waals surface area contributed by atoms with E-state index in [1.165, 1.54) is 0 Å². The van der Waals surface area contributed by atoms with Crippen LogP contribution in [0.25, 0.3) is 10.8 Å². The molecule has 4 rings (SSSR count). The predicted octanol–water partition coefficient (Wildman–Crippen LogP) is -11.0. The number of rotatable bonds is 23. The first-order valence-corrected chi connectivity index (χ1v) is 27.0. The number of ether oxygens (including phenoxy) is 4. The Labute approximate surface area is 511 Å². The number of aromatic hydroxyl groups is 1. The van der Waals surface area contributed by atoms with Gasteiger partial charge < -0.3 is 47.6 Å². The summed E-state index contributed by atoms with van der Waals surface area (Å²) in [7, 11) is -26.9. The van der Waals surface area contributed by atoms with Gasteiger partial charge in [-0.25, -0.2) is 50.5 Å². The molecule has 0 spiro atoms. The number of ketones is 1. The number of benzene rings is 4.